The summed E-state index contributed by atoms with van der Waals surface area (Å²) in [6.07, 6.45) is 1.24. The minimum absolute atomic E-state index is 0.159. The Balaban J connectivity index is 2.88. The lowest BCUT2D eigenvalue weighted by atomic mass is 10.4. The summed E-state index contributed by atoms with van der Waals surface area (Å²) in [5.41, 5.74) is 0.159. The molecule has 0 aliphatic rings. The monoisotopic (exact) mass is 181 g/mol. The number of carbonyl (C=O) groups excluding carboxylic acids is 2. The first-order valence-electron chi connectivity index (χ1n) is 3.52. The predicted molar refractivity (Wildman–Crippen MR) is 42.7 cm³/mol. The highest BCUT2D eigenvalue weighted by molar-refractivity contribution is 5.97. The predicted octanol–water partition coefficient (Wildman–Crippen LogP) is 0.415. The van der Waals surface area contributed by atoms with Gasteiger partial charge in [0.1, 0.15) is 6.42 Å². The molecule has 0 saturated carbocycles. The molecule has 1 heterocycles. The van der Waals surface area contributed by atoms with Crippen molar-refractivity contribution >= 4 is 18.2 Å². The zero-order chi connectivity index (χ0) is 9.84. The van der Waals surface area contributed by atoms with Crippen molar-refractivity contribution < 1.29 is 19.5 Å². The molecule has 0 atom stereocenters. The molecule has 1 aromatic heterocycles. The van der Waals surface area contributed by atoms with Crippen LogP contribution in [0.1, 0.15) is 21.7 Å². The van der Waals surface area contributed by atoms with E-state index in [0.29, 0.717) is 6.29 Å². The fraction of sp³-hybridized carbons (Fsp3) is 0.125. The lowest BCUT2D eigenvalue weighted by Crippen LogP contribution is -2.16. The number of aldehydes is 1. The van der Waals surface area contributed by atoms with Gasteiger partial charge < -0.3 is 5.11 Å². The standard InChI is InChI=1S/C8H7NO4/c10-5-6-2-1-3-9(6)7(11)4-8(12)13/h1-3,5H,4H2,(H,12,13). The van der Waals surface area contributed by atoms with Gasteiger partial charge in [0, 0.05) is 6.20 Å². The van der Waals surface area contributed by atoms with Gasteiger partial charge in [0.25, 0.3) is 0 Å². The first-order chi connectivity index (χ1) is 6.15. The Hall–Kier alpha value is -1.91. The molecule has 13 heavy (non-hydrogen) atoms. The van der Waals surface area contributed by atoms with Gasteiger partial charge >= 0.3 is 5.97 Å². The van der Waals surface area contributed by atoms with Crippen molar-refractivity contribution in [2.24, 2.45) is 0 Å². The smallest absolute Gasteiger partial charge is 0.312 e. The molecule has 0 radical (unpaired) electrons. The quantitative estimate of drug-likeness (QED) is 0.541. The fourth-order valence-corrected chi connectivity index (χ4v) is 0.932. The molecule has 1 rings (SSSR count). The second-order valence-electron chi connectivity index (χ2n) is 2.39. The van der Waals surface area contributed by atoms with Gasteiger partial charge in [-0.15, -0.1) is 0 Å². The molecule has 0 spiro atoms. The second kappa shape index (κ2) is 3.66. The molecular weight excluding hydrogens is 174 g/mol. The number of carboxylic acid groups (broad SMARTS) is 1. The number of aliphatic carboxylic acids is 1. The number of hydrogen-bond acceptors (Lipinski definition) is 3. The van der Waals surface area contributed by atoms with Crippen LogP contribution in [-0.4, -0.2) is 27.8 Å². The van der Waals surface area contributed by atoms with Crippen LogP contribution in [0.4, 0.5) is 0 Å². The summed E-state index contributed by atoms with van der Waals surface area (Å²) in [7, 11) is 0. The van der Waals surface area contributed by atoms with Crippen LogP contribution in [0, 0.1) is 0 Å². The van der Waals surface area contributed by atoms with E-state index in [1.54, 1.807) is 0 Å². The van der Waals surface area contributed by atoms with E-state index >= 15 is 0 Å². The Morgan fingerprint density at radius 2 is 2.23 bits per heavy atom. The van der Waals surface area contributed by atoms with E-state index in [1.165, 1.54) is 18.3 Å². The molecule has 5 nitrogen and oxygen atoms in total. The molecule has 1 aromatic rings. The van der Waals surface area contributed by atoms with E-state index in [1.807, 2.05) is 0 Å². The molecule has 0 aliphatic heterocycles. The number of carbonyl (C=O) groups is 3. The van der Waals surface area contributed by atoms with Crippen molar-refractivity contribution in [1.82, 2.24) is 4.57 Å². The second-order valence-corrected chi connectivity index (χ2v) is 2.39. The van der Waals surface area contributed by atoms with Gasteiger partial charge in [0.05, 0.1) is 5.69 Å². The summed E-state index contributed by atoms with van der Waals surface area (Å²) in [5, 5.41) is 8.32. The highest BCUT2D eigenvalue weighted by Gasteiger charge is 2.11. The van der Waals surface area contributed by atoms with Crippen LogP contribution in [0.25, 0.3) is 0 Å². The molecule has 5 heteroatoms. The van der Waals surface area contributed by atoms with Crippen molar-refractivity contribution in [3.05, 3.63) is 24.0 Å². The molecular formula is C8H7NO4. The lowest BCUT2D eigenvalue weighted by molar-refractivity contribution is -0.136. The van der Waals surface area contributed by atoms with Crippen LogP contribution in [0.5, 0.6) is 0 Å². The van der Waals surface area contributed by atoms with E-state index in [0.717, 1.165) is 4.57 Å². The van der Waals surface area contributed by atoms with Gasteiger partial charge in [-0.3, -0.25) is 19.0 Å². The molecule has 0 aliphatic carbocycles. The molecule has 0 amide bonds. The third kappa shape index (κ3) is 2.02. The van der Waals surface area contributed by atoms with Crippen LogP contribution in [-0.2, 0) is 4.79 Å². The fourth-order valence-electron chi connectivity index (χ4n) is 0.932. The topological polar surface area (TPSA) is 76.4 Å². The van der Waals surface area contributed by atoms with E-state index < -0.39 is 18.3 Å². The first-order valence-corrected chi connectivity index (χ1v) is 3.52. The molecule has 0 fully saturated rings. The SMILES string of the molecule is O=Cc1cccn1C(=O)CC(=O)O. The maximum Gasteiger partial charge on any atom is 0.312 e. The Morgan fingerprint density at radius 1 is 1.54 bits per heavy atom. The molecule has 68 valence electrons. The van der Waals surface area contributed by atoms with Gasteiger partial charge in [0.2, 0.25) is 5.91 Å². The number of aromatic nitrogens is 1. The normalized spacial score (nSPS) is 9.54. The number of nitrogens with zero attached hydrogens (tertiary/aromatic N) is 1. The Bertz CT molecular complexity index is 353. The van der Waals surface area contributed by atoms with Crippen molar-refractivity contribution in [1.29, 1.82) is 0 Å². The van der Waals surface area contributed by atoms with Crippen LogP contribution >= 0.6 is 0 Å². The summed E-state index contributed by atoms with van der Waals surface area (Å²) in [6.45, 7) is 0. The summed E-state index contributed by atoms with van der Waals surface area (Å²) < 4.78 is 1.02. The van der Waals surface area contributed by atoms with Gasteiger partial charge in [-0.05, 0) is 12.1 Å². The van der Waals surface area contributed by atoms with Crippen molar-refractivity contribution in [3.63, 3.8) is 0 Å². The summed E-state index contributed by atoms with van der Waals surface area (Å²) in [4.78, 5) is 31.7. The van der Waals surface area contributed by atoms with E-state index in [-0.39, 0.29) is 5.69 Å². The minimum Gasteiger partial charge on any atom is -0.481 e. The van der Waals surface area contributed by atoms with Gasteiger partial charge in [-0.1, -0.05) is 0 Å². The summed E-state index contributed by atoms with van der Waals surface area (Å²) in [6, 6.07) is 2.94. The largest absolute Gasteiger partial charge is 0.481 e. The highest BCUT2D eigenvalue weighted by Crippen LogP contribution is 2.00. The van der Waals surface area contributed by atoms with E-state index in [2.05, 4.69) is 0 Å². The molecule has 0 bridgehead atoms. The van der Waals surface area contributed by atoms with E-state index in [4.69, 9.17) is 5.11 Å². The first kappa shape index (κ1) is 9.18. The average molecular weight is 181 g/mol. The number of carboxylic acids is 1. The van der Waals surface area contributed by atoms with E-state index in [9.17, 15) is 14.4 Å². The van der Waals surface area contributed by atoms with Crippen molar-refractivity contribution in [2.45, 2.75) is 6.42 Å². The average Bonchev–Trinajstić information content (AvgIpc) is 2.49. The van der Waals surface area contributed by atoms with Gasteiger partial charge in [0.15, 0.2) is 6.29 Å². The summed E-state index contributed by atoms with van der Waals surface area (Å²) >= 11 is 0. The Kier molecular flexibility index (Phi) is 2.59. The number of rotatable bonds is 3. The highest BCUT2D eigenvalue weighted by atomic mass is 16.4. The van der Waals surface area contributed by atoms with Crippen LogP contribution in [0.3, 0.4) is 0 Å². The van der Waals surface area contributed by atoms with Gasteiger partial charge in [-0.2, -0.15) is 0 Å². The van der Waals surface area contributed by atoms with Crippen LogP contribution in [0.15, 0.2) is 18.3 Å². The number of hydrogen-bond donors (Lipinski definition) is 1. The maximum atomic E-state index is 11.1. The third-order valence-electron chi connectivity index (χ3n) is 1.47. The Morgan fingerprint density at radius 3 is 2.77 bits per heavy atom. The molecule has 0 saturated heterocycles. The third-order valence-corrected chi connectivity index (χ3v) is 1.47. The zero-order valence-electron chi connectivity index (χ0n) is 6.64. The molecule has 0 unspecified atom stereocenters. The summed E-state index contributed by atoms with van der Waals surface area (Å²) in [5.74, 6) is -1.84. The molecule has 1 N–H and O–H groups in total. The maximum absolute atomic E-state index is 11.1. The van der Waals surface area contributed by atoms with Crippen molar-refractivity contribution in [2.75, 3.05) is 0 Å². The van der Waals surface area contributed by atoms with Crippen LogP contribution < -0.4 is 0 Å². The lowest BCUT2D eigenvalue weighted by Gasteiger charge is -1.99. The van der Waals surface area contributed by atoms with Gasteiger partial charge in [-0.25, -0.2) is 0 Å². The molecule has 0 aromatic carbocycles. The Labute approximate surface area is 73.6 Å². The zero-order valence-corrected chi connectivity index (χ0v) is 6.64. The van der Waals surface area contributed by atoms with Crippen molar-refractivity contribution in [3.8, 4) is 0 Å². The minimum atomic E-state index is -1.21. The van der Waals surface area contributed by atoms with Crippen LogP contribution in [0.2, 0.25) is 0 Å².